The van der Waals surface area contributed by atoms with Gasteiger partial charge in [-0.05, 0) is 31.2 Å². The molecule has 0 heterocycles. The molecule has 5 nitrogen and oxygen atoms in total. The van der Waals surface area contributed by atoms with Crippen LogP contribution in [0.2, 0.25) is 5.02 Å². The van der Waals surface area contributed by atoms with Gasteiger partial charge in [-0.15, -0.1) is 0 Å². The van der Waals surface area contributed by atoms with E-state index >= 15 is 0 Å². The lowest BCUT2D eigenvalue weighted by Gasteiger charge is -2.10. The molecule has 2 aromatic rings. The van der Waals surface area contributed by atoms with E-state index in [2.05, 4.69) is 5.32 Å². The molecule has 6 heteroatoms. The summed E-state index contributed by atoms with van der Waals surface area (Å²) in [6, 6.07) is 13.2. The van der Waals surface area contributed by atoms with Gasteiger partial charge < -0.3 is 10.1 Å². The number of anilines is 1. The molecule has 0 saturated carbocycles. The third-order valence-electron chi connectivity index (χ3n) is 3.42. The Hall–Kier alpha value is -2.66. The molecule has 0 unspecified atom stereocenters. The van der Waals surface area contributed by atoms with Crippen LogP contribution >= 0.6 is 11.6 Å². The van der Waals surface area contributed by atoms with Crippen molar-refractivity contribution in [2.24, 2.45) is 0 Å². The number of amides is 1. The molecule has 0 saturated heterocycles. The quantitative estimate of drug-likeness (QED) is 0.596. The van der Waals surface area contributed by atoms with Crippen molar-refractivity contribution < 1.29 is 19.1 Å². The zero-order valence-electron chi connectivity index (χ0n) is 13.8. The molecule has 0 aliphatic carbocycles. The average molecular weight is 360 g/mol. The Morgan fingerprint density at radius 2 is 1.80 bits per heavy atom. The highest BCUT2D eigenvalue weighted by atomic mass is 35.5. The van der Waals surface area contributed by atoms with Crippen molar-refractivity contribution >= 4 is 34.9 Å². The van der Waals surface area contributed by atoms with Gasteiger partial charge in [-0.25, -0.2) is 4.79 Å². The minimum Gasteiger partial charge on any atom is -0.462 e. The van der Waals surface area contributed by atoms with Crippen LogP contribution in [0.25, 0.3) is 0 Å². The Morgan fingerprint density at radius 3 is 2.52 bits per heavy atom. The SMILES string of the molecule is CCOC(=O)c1ccccc1NC(=O)CCC(=O)c1cccc(Cl)c1. The number of rotatable bonds is 7. The first-order valence-electron chi connectivity index (χ1n) is 7.86. The second-order valence-electron chi connectivity index (χ2n) is 5.25. The van der Waals surface area contributed by atoms with Gasteiger partial charge in [-0.3, -0.25) is 9.59 Å². The highest BCUT2D eigenvalue weighted by Gasteiger charge is 2.15. The van der Waals surface area contributed by atoms with E-state index in [4.69, 9.17) is 16.3 Å². The van der Waals surface area contributed by atoms with Crippen molar-refractivity contribution in [1.82, 2.24) is 0 Å². The fourth-order valence-electron chi connectivity index (χ4n) is 2.22. The third kappa shape index (κ3) is 5.43. The average Bonchev–Trinajstić information content (AvgIpc) is 2.60. The van der Waals surface area contributed by atoms with Crippen LogP contribution in [-0.2, 0) is 9.53 Å². The summed E-state index contributed by atoms with van der Waals surface area (Å²) in [4.78, 5) is 36.1. The van der Waals surface area contributed by atoms with E-state index in [1.165, 1.54) is 0 Å². The molecule has 0 radical (unpaired) electrons. The first kappa shape index (κ1) is 18.7. The van der Waals surface area contributed by atoms with Gasteiger partial charge in [0.2, 0.25) is 5.91 Å². The molecule has 130 valence electrons. The molecule has 0 aromatic heterocycles. The van der Waals surface area contributed by atoms with E-state index in [9.17, 15) is 14.4 Å². The predicted molar refractivity (Wildman–Crippen MR) is 96.0 cm³/mol. The van der Waals surface area contributed by atoms with Gasteiger partial charge in [-0.2, -0.15) is 0 Å². The number of benzene rings is 2. The molecule has 2 rings (SSSR count). The minimum absolute atomic E-state index is 0.00249. The number of carbonyl (C=O) groups is 3. The highest BCUT2D eigenvalue weighted by molar-refractivity contribution is 6.31. The Balaban J connectivity index is 1.97. The second kappa shape index (κ2) is 8.99. The highest BCUT2D eigenvalue weighted by Crippen LogP contribution is 2.17. The number of hydrogen-bond acceptors (Lipinski definition) is 4. The zero-order chi connectivity index (χ0) is 18.2. The fourth-order valence-corrected chi connectivity index (χ4v) is 2.42. The summed E-state index contributed by atoms with van der Waals surface area (Å²) >= 11 is 5.86. The summed E-state index contributed by atoms with van der Waals surface area (Å²) in [7, 11) is 0. The fraction of sp³-hybridized carbons (Fsp3) is 0.211. The maximum absolute atomic E-state index is 12.1. The number of ether oxygens (including phenoxy) is 1. The van der Waals surface area contributed by atoms with E-state index in [1.54, 1.807) is 55.5 Å². The first-order chi connectivity index (χ1) is 12.0. The molecular formula is C19H18ClNO4. The van der Waals surface area contributed by atoms with E-state index in [-0.39, 0.29) is 36.7 Å². The van der Waals surface area contributed by atoms with Crippen molar-refractivity contribution in [2.45, 2.75) is 19.8 Å². The maximum atomic E-state index is 12.1. The smallest absolute Gasteiger partial charge is 0.340 e. The summed E-state index contributed by atoms with van der Waals surface area (Å²) in [5, 5.41) is 3.12. The van der Waals surface area contributed by atoms with Gasteiger partial charge in [0, 0.05) is 23.4 Å². The van der Waals surface area contributed by atoms with Gasteiger partial charge in [0.1, 0.15) is 0 Å². The van der Waals surface area contributed by atoms with Crippen LogP contribution in [0.5, 0.6) is 0 Å². The van der Waals surface area contributed by atoms with Crippen LogP contribution in [0.3, 0.4) is 0 Å². The van der Waals surface area contributed by atoms with E-state index in [0.29, 0.717) is 16.3 Å². The van der Waals surface area contributed by atoms with Crippen molar-refractivity contribution in [1.29, 1.82) is 0 Å². The van der Waals surface area contributed by atoms with Gasteiger partial charge in [0.25, 0.3) is 0 Å². The number of nitrogens with one attached hydrogen (secondary N) is 1. The maximum Gasteiger partial charge on any atom is 0.340 e. The summed E-state index contributed by atoms with van der Waals surface area (Å²) in [5.41, 5.74) is 1.10. The Labute approximate surface area is 150 Å². The normalized spacial score (nSPS) is 10.2. The number of esters is 1. The van der Waals surface area contributed by atoms with Crippen molar-refractivity contribution in [3.05, 3.63) is 64.7 Å². The molecule has 1 N–H and O–H groups in total. The lowest BCUT2D eigenvalue weighted by atomic mass is 10.1. The molecular weight excluding hydrogens is 342 g/mol. The van der Waals surface area contributed by atoms with Crippen molar-refractivity contribution in [2.75, 3.05) is 11.9 Å². The number of halogens is 1. The number of ketones is 1. The van der Waals surface area contributed by atoms with Crippen LogP contribution in [0.15, 0.2) is 48.5 Å². The van der Waals surface area contributed by atoms with Crippen LogP contribution in [-0.4, -0.2) is 24.3 Å². The van der Waals surface area contributed by atoms with Gasteiger partial charge in [0.15, 0.2) is 5.78 Å². The minimum atomic E-state index is -0.506. The van der Waals surface area contributed by atoms with Crippen LogP contribution in [0.1, 0.15) is 40.5 Å². The lowest BCUT2D eigenvalue weighted by molar-refractivity contribution is -0.116. The summed E-state index contributed by atoms with van der Waals surface area (Å²) < 4.78 is 4.96. The zero-order valence-corrected chi connectivity index (χ0v) is 14.5. The molecule has 25 heavy (non-hydrogen) atoms. The van der Waals surface area contributed by atoms with E-state index in [1.807, 2.05) is 0 Å². The Morgan fingerprint density at radius 1 is 1.04 bits per heavy atom. The van der Waals surface area contributed by atoms with Crippen molar-refractivity contribution in [3.63, 3.8) is 0 Å². The van der Waals surface area contributed by atoms with E-state index in [0.717, 1.165) is 0 Å². The molecule has 2 aromatic carbocycles. The summed E-state index contributed by atoms with van der Waals surface area (Å²) in [6.45, 7) is 1.95. The molecule has 1 amide bonds. The molecule has 0 aliphatic rings. The second-order valence-corrected chi connectivity index (χ2v) is 5.68. The van der Waals surface area contributed by atoms with Crippen molar-refractivity contribution in [3.8, 4) is 0 Å². The lowest BCUT2D eigenvalue weighted by Crippen LogP contribution is -2.16. The number of Topliss-reactive ketones (excluding diaryl/α,β-unsaturated/α-hetero) is 1. The molecule has 0 spiro atoms. The van der Waals surface area contributed by atoms with Gasteiger partial charge >= 0.3 is 5.97 Å². The van der Waals surface area contributed by atoms with Gasteiger partial charge in [0.05, 0.1) is 17.9 Å². The first-order valence-corrected chi connectivity index (χ1v) is 8.24. The number of hydrogen-bond donors (Lipinski definition) is 1. The van der Waals surface area contributed by atoms with Gasteiger partial charge in [-0.1, -0.05) is 35.9 Å². The Kier molecular flexibility index (Phi) is 6.71. The third-order valence-corrected chi connectivity index (χ3v) is 3.66. The predicted octanol–water partition coefficient (Wildman–Crippen LogP) is 4.12. The van der Waals surface area contributed by atoms with Crippen LogP contribution in [0, 0.1) is 0 Å². The Bertz CT molecular complexity index is 788. The molecule has 0 atom stereocenters. The van der Waals surface area contributed by atoms with E-state index < -0.39 is 5.97 Å². The largest absolute Gasteiger partial charge is 0.462 e. The topological polar surface area (TPSA) is 72.5 Å². The number of carbonyl (C=O) groups excluding carboxylic acids is 3. The standard InChI is InChI=1S/C19H18ClNO4/c1-2-25-19(24)15-8-3-4-9-16(15)21-18(23)11-10-17(22)13-6-5-7-14(20)12-13/h3-9,12H,2,10-11H2,1H3,(H,21,23). The van der Waals surface area contributed by atoms with Crippen LogP contribution in [0.4, 0.5) is 5.69 Å². The summed E-state index contributed by atoms with van der Waals surface area (Å²) in [5.74, 6) is -1.03. The number of para-hydroxylation sites is 1. The van der Waals surface area contributed by atoms with Crippen LogP contribution < -0.4 is 5.32 Å². The molecule has 0 fully saturated rings. The molecule has 0 aliphatic heterocycles. The molecule has 0 bridgehead atoms. The summed E-state index contributed by atoms with van der Waals surface area (Å²) in [6.07, 6.45) is 0.0518. The monoisotopic (exact) mass is 359 g/mol.